The zero-order valence-corrected chi connectivity index (χ0v) is 12.7. The van der Waals surface area contributed by atoms with Gasteiger partial charge in [0.05, 0.1) is 0 Å². The van der Waals surface area contributed by atoms with Crippen molar-refractivity contribution in [3.8, 4) is 0 Å². The molecular weight excluding hydrogens is 234 g/mol. The fourth-order valence-corrected chi connectivity index (χ4v) is 2.30. The molecule has 0 heterocycles. The van der Waals surface area contributed by atoms with E-state index in [4.69, 9.17) is 4.74 Å². The summed E-state index contributed by atoms with van der Waals surface area (Å²) in [7, 11) is 0. The van der Waals surface area contributed by atoms with Gasteiger partial charge in [-0.3, -0.25) is 0 Å². The number of ether oxygens (including phenoxy) is 1. The third-order valence-electron chi connectivity index (χ3n) is 3.50. The number of benzene rings is 1. The van der Waals surface area contributed by atoms with Gasteiger partial charge in [0.1, 0.15) is 0 Å². The maximum absolute atomic E-state index is 5.51. The van der Waals surface area contributed by atoms with E-state index in [1.165, 1.54) is 17.5 Å². The van der Waals surface area contributed by atoms with Crippen molar-refractivity contribution in [1.82, 2.24) is 5.32 Å². The van der Waals surface area contributed by atoms with E-state index in [0.717, 1.165) is 39.1 Å². The lowest BCUT2D eigenvalue weighted by atomic mass is 9.94. The molecule has 1 rings (SSSR count). The van der Waals surface area contributed by atoms with Crippen molar-refractivity contribution in [2.75, 3.05) is 26.3 Å². The van der Waals surface area contributed by atoms with Crippen LogP contribution in [-0.2, 0) is 11.2 Å². The van der Waals surface area contributed by atoms with Crippen LogP contribution in [0.5, 0.6) is 0 Å². The van der Waals surface area contributed by atoms with Gasteiger partial charge in [-0.15, -0.1) is 0 Å². The normalized spacial score (nSPS) is 12.6. The predicted octanol–water partition coefficient (Wildman–Crippen LogP) is 3.58. The summed E-state index contributed by atoms with van der Waals surface area (Å²) in [5.74, 6) is 0.666. The number of hydrogen-bond acceptors (Lipinski definition) is 2. The van der Waals surface area contributed by atoms with Crippen LogP contribution < -0.4 is 5.32 Å². The minimum Gasteiger partial charge on any atom is -0.382 e. The van der Waals surface area contributed by atoms with Crippen LogP contribution in [0.1, 0.15) is 37.8 Å². The third kappa shape index (κ3) is 6.74. The molecular formula is C17H29NO. The van der Waals surface area contributed by atoms with E-state index in [1.807, 2.05) is 0 Å². The Balaban J connectivity index is 2.49. The zero-order valence-electron chi connectivity index (χ0n) is 12.7. The Kier molecular flexibility index (Phi) is 8.52. The lowest BCUT2D eigenvalue weighted by Gasteiger charge is -2.18. The van der Waals surface area contributed by atoms with Crippen molar-refractivity contribution in [3.05, 3.63) is 35.4 Å². The van der Waals surface area contributed by atoms with Gasteiger partial charge in [0.2, 0.25) is 0 Å². The molecule has 0 radical (unpaired) electrons. The molecule has 0 bridgehead atoms. The minimum atomic E-state index is 0.666. The maximum Gasteiger partial charge on any atom is 0.0469 e. The summed E-state index contributed by atoms with van der Waals surface area (Å²) < 4.78 is 5.51. The van der Waals surface area contributed by atoms with Crippen LogP contribution in [0, 0.1) is 12.8 Å². The summed E-state index contributed by atoms with van der Waals surface area (Å²) in [6.45, 7) is 10.4. The van der Waals surface area contributed by atoms with Gasteiger partial charge < -0.3 is 10.1 Å². The molecule has 0 aliphatic rings. The molecule has 1 atom stereocenters. The standard InChI is InChI=1S/C17H29NO/c1-4-11-18-14-16(10-12-19-5-2)13-17-9-7-6-8-15(17)3/h6-9,16,18H,4-5,10-14H2,1-3H3. The first kappa shape index (κ1) is 16.2. The Labute approximate surface area is 118 Å². The monoisotopic (exact) mass is 263 g/mol. The van der Waals surface area contributed by atoms with Gasteiger partial charge in [0.15, 0.2) is 0 Å². The van der Waals surface area contributed by atoms with E-state index in [2.05, 4.69) is 50.4 Å². The summed E-state index contributed by atoms with van der Waals surface area (Å²) in [4.78, 5) is 0. The highest BCUT2D eigenvalue weighted by molar-refractivity contribution is 5.25. The molecule has 2 nitrogen and oxygen atoms in total. The topological polar surface area (TPSA) is 21.3 Å². The first-order valence-electron chi connectivity index (χ1n) is 7.60. The Hall–Kier alpha value is -0.860. The average molecular weight is 263 g/mol. The second-order valence-corrected chi connectivity index (χ2v) is 5.19. The lowest BCUT2D eigenvalue weighted by molar-refractivity contribution is 0.131. The average Bonchev–Trinajstić information content (AvgIpc) is 2.41. The molecule has 0 saturated carbocycles. The first-order valence-corrected chi connectivity index (χ1v) is 7.60. The fraction of sp³-hybridized carbons (Fsp3) is 0.647. The Morgan fingerprint density at radius 3 is 2.68 bits per heavy atom. The molecule has 0 aliphatic heterocycles. The van der Waals surface area contributed by atoms with Gasteiger partial charge >= 0.3 is 0 Å². The highest BCUT2D eigenvalue weighted by Crippen LogP contribution is 2.15. The molecule has 0 amide bonds. The van der Waals surface area contributed by atoms with Crippen LogP contribution in [-0.4, -0.2) is 26.3 Å². The number of rotatable bonds is 10. The molecule has 0 aliphatic carbocycles. The van der Waals surface area contributed by atoms with Crippen molar-refractivity contribution in [2.24, 2.45) is 5.92 Å². The fourth-order valence-electron chi connectivity index (χ4n) is 2.30. The van der Waals surface area contributed by atoms with E-state index in [0.29, 0.717) is 5.92 Å². The number of aryl methyl sites for hydroxylation is 1. The van der Waals surface area contributed by atoms with Crippen LogP contribution in [0.3, 0.4) is 0 Å². The first-order chi connectivity index (χ1) is 9.27. The van der Waals surface area contributed by atoms with Gasteiger partial charge in [-0.25, -0.2) is 0 Å². The van der Waals surface area contributed by atoms with Crippen molar-refractivity contribution >= 4 is 0 Å². The van der Waals surface area contributed by atoms with E-state index in [9.17, 15) is 0 Å². The largest absolute Gasteiger partial charge is 0.382 e. The predicted molar refractivity (Wildman–Crippen MR) is 82.6 cm³/mol. The number of nitrogens with one attached hydrogen (secondary N) is 1. The molecule has 19 heavy (non-hydrogen) atoms. The molecule has 0 aromatic heterocycles. The van der Waals surface area contributed by atoms with Gasteiger partial charge in [-0.05, 0) is 63.2 Å². The lowest BCUT2D eigenvalue weighted by Crippen LogP contribution is -2.26. The summed E-state index contributed by atoms with van der Waals surface area (Å²) in [6.07, 6.45) is 3.48. The van der Waals surface area contributed by atoms with Gasteiger partial charge in [0, 0.05) is 13.2 Å². The van der Waals surface area contributed by atoms with Crippen molar-refractivity contribution in [3.63, 3.8) is 0 Å². The summed E-state index contributed by atoms with van der Waals surface area (Å²) in [6, 6.07) is 8.71. The maximum atomic E-state index is 5.51. The van der Waals surface area contributed by atoms with E-state index >= 15 is 0 Å². The van der Waals surface area contributed by atoms with Crippen LogP contribution in [0.4, 0.5) is 0 Å². The smallest absolute Gasteiger partial charge is 0.0469 e. The number of hydrogen-bond donors (Lipinski definition) is 1. The Morgan fingerprint density at radius 2 is 2.00 bits per heavy atom. The van der Waals surface area contributed by atoms with Crippen molar-refractivity contribution < 1.29 is 4.74 Å². The summed E-state index contributed by atoms with van der Waals surface area (Å²) >= 11 is 0. The molecule has 1 N–H and O–H groups in total. The second kappa shape index (κ2) is 9.99. The second-order valence-electron chi connectivity index (χ2n) is 5.19. The van der Waals surface area contributed by atoms with Crippen molar-refractivity contribution in [2.45, 2.75) is 40.0 Å². The zero-order chi connectivity index (χ0) is 13.9. The van der Waals surface area contributed by atoms with Crippen LogP contribution >= 0.6 is 0 Å². The molecule has 0 saturated heterocycles. The Morgan fingerprint density at radius 1 is 1.21 bits per heavy atom. The van der Waals surface area contributed by atoms with Gasteiger partial charge in [-0.2, -0.15) is 0 Å². The molecule has 108 valence electrons. The quantitative estimate of drug-likeness (QED) is 0.651. The Bertz CT molecular complexity index is 328. The van der Waals surface area contributed by atoms with Crippen LogP contribution in [0.15, 0.2) is 24.3 Å². The highest BCUT2D eigenvalue weighted by Gasteiger charge is 2.10. The summed E-state index contributed by atoms with van der Waals surface area (Å²) in [5.41, 5.74) is 2.88. The molecule has 1 unspecified atom stereocenters. The van der Waals surface area contributed by atoms with Crippen LogP contribution in [0.2, 0.25) is 0 Å². The van der Waals surface area contributed by atoms with E-state index < -0.39 is 0 Å². The molecule has 0 fully saturated rings. The molecule has 1 aromatic carbocycles. The highest BCUT2D eigenvalue weighted by atomic mass is 16.5. The van der Waals surface area contributed by atoms with Crippen LogP contribution in [0.25, 0.3) is 0 Å². The molecule has 0 spiro atoms. The van der Waals surface area contributed by atoms with Gasteiger partial charge in [0.25, 0.3) is 0 Å². The van der Waals surface area contributed by atoms with Gasteiger partial charge in [-0.1, -0.05) is 31.2 Å². The van der Waals surface area contributed by atoms with Crippen molar-refractivity contribution in [1.29, 1.82) is 0 Å². The molecule has 1 aromatic rings. The third-order valence-corrected chi connectivity index (χ3v) is 3.50. The summed E-state index contributed by atoms with van der Waals surface area (Å²) in [5, 5.41) is 3.55. The SMILES string of the molecule is CCCNCC(CCOCC)Cc1ccccc1C. The minimum absolute atomic E-state index is 0.666. The van der Waals surface area contributed by atoms with E-state index in [-0.39, 0.29) is 0 Å². The molecule has 2 heteroatoms. The van der Waals surface area contributed by atoms with E-state index in [1.54, 1.807) is 0 Å².